The smallest absolute Gasteiger partial charge is 0.305 e. The quantitative estimate of drug-likeness (QED) is 0.580. The van der Waals surface area contributed by atoms with E-state index in [9.17, 15) is 19.6 Å². The summed E-state index contributed by atoms with van der Waals surface area (Å²) >= 11 is 0. The number of aromatic nitrogens is 1. The van der Waals surface area contributed by atoms with Gasteiger partial charge in [0.1, 0.15) is 5.92 Å². The number of benzene rings is 1. The third-order valence-corrected chi connectivity index (χ3v) is 3.31. The number of hydrogen-bond acceptors (Lipinski definition) is 5. The molecule has 1 fully saturated rings. The zero-order valence-electron chi connectivity index (χ0n) is 10.3. The number of nitrogens with one attached hydrogen (secondary N) is 1. The van der Waals surface area contributed by atoms with Crippen LogP contribution in [0.5, 0.6) is 0 Å². The third kappa shape index (κ3) is 1.83. The van der Waals surface area contributed by atoms with E-state index in [1.807, 2.05) is 0 Å². The first-order valence-corrected chi connectivity index (χ1v) is 6.07. The van der Waals surface area contributed by atoms with Crippen molar-refractivity contribution >= 4 is 22.8 Å². The van der Waals surface area contributed by atoms with Crippen molar-refractivity contribution in [3.63, 3.8) is 0 Å². The maximum Gasteiger partial charge on any atom is 0.305 e. The Morgan fingerprint density at radius 2 is 2.00 bits per heavy atom. The standard InChI is InChI=1S/C13H10N2O5/c16-10-6-5-8(13(18)14-10)11-12(17)7-3-1-2-4-9(7)20-15(11)19/h1-4,8H,5-6H2,(H,14,16,18). The van der Waals surface area contributed by atoms with Crippen LogP contribution in [0.4, 0.5) is 0 Å². The number of imide groups is 1. The van der Waals surface area contributed by atoms with Crippen molar-refractivity contribution in [2.75, 3.05) is 0 Å². The number of carbonyl (C=O) groups is 2. The Hall–Kier alpha value is -2.70. The molecule has 1 aromatic carbocycles. The van der Waals surface area contributed by atoms with Crippen molar-refractivity contribution < 1.29 is 19.0 Å². The summed E-state index contributed by atoms with van der Waals surface area (Å²) in [6.07, 6.45) is 0.207. The molecule has 20 heavy (non-hydrogen) atoms. The van der Waals surface area contributed by atoms with E-state index in [0.29, 0.717) is 0 Å². The lowest BCUT2D eigenvalue weighted by atomic mass is 9.94. The Labute approximate surface area is 112 Å². The van der Waals surface area contributed by atoms with Gasteiger partial charge in [0.05, 0.1) is 10.5 Å². The van der Waals surface area contributed by atoms with Crippen LogP contribution in [0, 0.1) is 5.21 Å². The van der Waals surface area contributed by atoms with Crippen LogP contribution in [0.2, 0.25) is 0 Å². The summed E-state index contributed by atoms with van der Waals surface area (Å²) in [5.74, 6) is -2.02. The Balaban J connectivity index is 2.19. The Kier molecular flexibility index (Phi) is 2.74. The number of carbonyl (C=O) groups excluding carboxylic acids is 2. The van der Waals surface area contributed by atoms with Gasteiger partial charge in [-0.15, -0.1) is 0 Å². The lowest BCUT2D eigenvalue weighted by molar-refractivity contribution is -0.800. The molecule has 0 spiro atoms. The minimum Gasteiger partial charge on any atom is -0.366 e. The van der Waals surface area contributed by atoms with Crippen LogP contribution in [-0.2, 0) is 9.59 Å². The van der Waals surface area contributed by atoms with Crippen molar-refractivity contribution in [3.05, 3.63) is 45.4 Å². The summed E-state index contributed by atoms with van der Waals surface area (Å²) in [5, 5.41) is 14.2. The molecule has 3 rings (SSSR count). The minimum absolute atomic E-state index is 0.0741. The van der Waals surface area contributed by atoms with Crippen molar-refractivity contribution in [3.8, 4) is 0 Å². The van der Waals surface area contributed by atoms with Crippen LogP contribution in [0.25, 0.3) is 11.0 Å². The number of amides is 2. The van der Waals surface area contributed by atoms with Gasteiger partial charge in [-0.2, -0.15) is 0 Å². The highest BCUT2D eigenvalue weighted by atomic mass is 16.7. The van der Waals surface area contributed by atoms with E-state index in [-0.39, 0.29) is 34.4 Å². The van der Waals surface area contributed by atoms with Gasteiger partial charge in [-0.3, -0.25) is 24.9 Å². The van der Waals surface area contributed by atoms with E-state index in [0.717, 1.165) is 0 Å². The number of para-hydroxylation sites is 1. The number of nitrogens with zero attached hydrogens (tertiary/aromatic N) is 1. The summed E-state index contributed by atoms with van der Waals surface area (Å²) in [4.78, 5) is 35.3. The van der Waals surface area contributed by atoms with Gasteiger partial charge in [-0.05, 0) is 18.6 Å². The highest BCUT2D eigenvalue weighted by molar-refractivity contribution is 6.00. The van der Waals surface area contributed by atoms with Gasteiger partial charge in [0.15, 0.2) is 0 Å². The fraction of sp³-hybridized carbons (Fsp3) is 0.231. The number of fused-ring (bicyclic) bond motifs is 1. The maximum atomic E-state index is 12.3. The van der Waals surface area contributed by atoms with Crippen molar-refractivity contribution in [1.29, 1.82) is 0 Å². The highest BCUT2D eigenvalue weighted by Gasteiger charge is 2.37. The molecule has 0 saturated carbocycles. The lowest BCUT2D eigenvalue weighted by Crippen LogP contribution is -2.48. The van der Waals surface area contributed by atoms with E-state index >= 15 is 0 Å². The van der Waals surface area contributed by atoms with Crippen LogP contribution in [0.1, 0.15) is 24.5 Å². The molecule has 7 heteroatoms. The SMILES string of the molecule is O=C1CCC(c2c(=O)c3ccccc3o[n+]2[O-])C(=O)N1. The van der Waals surface area contributed by atoms with E-state index in [1.54, 1.807) is 12.1 Å². The van der Waals surface area contributed by atoms with Gasteiger partial charge in [0.2, 0.25) is 11.8 Å². The molecule has 1 atom stereocenters. The molecule has 0 aliphatic carbocycles. The van der Waals surface area contributed by atoms with Gasteiger partial charge in [0, 0.05) is 11.8 Å². The van der Waals surface area contributed by atoms with Gasteiger partial charge < -0.3 is 4.52 Å². The average Bonchev–Trinajstić information content (AvgIpc) is 2.41. The van der Waals surface area contributed by atoms with Crippen LogP contribution in [-0.4, -0.2) is 11.8 Å². The van der Waals surface area contributed by atoms with Crippen molar-refractivity contribution in [2.24, 2.45) is 0 Å². The summed E-state index contributed by atoms with van der Waals surface area (Å²) in [7, 11) is 0. The van der Waals surface area contributed by atoms with E-state index in [2.05, 4.69) is 5.32 Å². The first kappa shape index (κ1) is 12.3. The Morgan fingerprint density at radius 3 is 2.75 bits per heavy atom. The van der Waals surface area contributed by atoms with Crippen molar-refractivity contribution in [2.45, 2.75) is 18.8 Å². The van der Waals surface area contributed by atoms with Gasteiger partial charge in [-0.1, -0.05) is 12.1 Å². The normalized spacial score (nSPS) is 19.1. The van der Waals surface area contributed by atoms with Crippen molar-refractivity contribution in [1.82, 2.24) is 5.32 Å². The van der Waals surface area contributed by atoms with Crippen LogP contribution in [0.15, 0.2) is 33.6 Å². The molecular weight excluding hydrogens is 264 g/mol. The summed E-state index contributed by atoms with van der Waals surface area (Å²) < 4.78 is 5.00. The fourth-order valence-corrected chi connectivity index (χ4v) is 2.33. The molecule has 0 radical (unpaired) electrons. The first-order chi connectivity index (χ1) is 9.58. The molecule has 102 valence electrons. The van der Waals surface area contributed by atoms with E-state index in [1.165, 1.54) is 12.1 Å². The third-order valence-electron chi connectivity index (χ3n) is 3.31. The zero-order valence-corrected chi connectivity index (χ0v) is 10.3. The molecule has 1 unspecified atom stereocenters. The number of rotatable bonds is 1. The molecule has 1 aliphatic heterocycles. The monoisotopic (exact) mass is 274 g/mol. The molecule has 1 saturated heterocycles. The Bertz CT molecular complexity index is 780. The fourth-order valence-electron chi connectivity index (χ4n) is 2.33. The summed E-state index contributed by atoms with van der Waals surface area (Å²) in [6, 6.07) is 6.30. The largest absolute Gasteiger partial charge is 0.366 e. The molecular formula is C13H10N2O5. The highest BCUT2D eigenvalue weighted by Crippen LogP contribution is 2.21. The summed E-state index contributed by atoms with van der Waals surface area (Å²) in [6.45, 7) is 0. The van der Waals surface area contributed by atoms with E-state index in [4.69, 9.17) is 4.52 Å². The van der Waals surface area contributed by atoms with Crippen LogP contribution in [0.3, 0.4) is 0 Å². The molecule has 1 aromatic heterocycles. The number of piperidine rings is 1. The molecule has 1 N–H and O–H groups in total. The topological polar surface area (TPSA) is 103 Å². The minimum atomic E-state index is -0.967. The molecule has 2 heterocycles. The van der Waals surface area contributed by atoms with Gasteiger partial charge >= 0.3 is 5.69 Å². The number of hydrogen-bond donors (Lipinski definition) is 1. The molecule has 1 aliphatic rings. The van der Waals surface area contributed by atoms with Crippen LogP contribution >= 0.6 is 0 Å². The van der Waals surface area contributed by atoms with Gasteiger partial charge in [-0.25, -0.2) is 0 Å². The second kappa shape index (κ2) is 4.44. The second-order valence-corrected chi connectivity index (χ2v) is 4.56. The average molecular weight is 274 g/mol. The maximum absolute atomic E-state index is 12.3. The first-order valence-electron chi connectivity index (χ1n) is 6.07. The van der Waals surface area contributed by atoms with Crippen LogP contribution < -0.4 is 15.6 Å². The predicted molar refractivity (Wildman–Crippen MR) is 66.6 cm³/mol. The van der Waals surface area contributed by atoms with E-state index < -0.39 is 23.2 Å². The van der Waals surface area contributed by atoms with Gasteiger partial charge in [0.25, 0.3) is 5.43 Å². The predicted octanol–water partition coefficient (Wildman–Crippen LogP) is -0.0534. The molecule has 0 bridgehead atoms. The second-order valence-electron chi connectivity index (χ2n) is 4.56. The lowest BCUT2D eigenvalue weighted by Gasteiger charge is -2.17. The molecule has 2 amide bonds. The molecule has 7 nitrogen and oxygen atoms in total. The Morgan fingerprint density at radius 1 is 1.25 bits per heavy atom. The zero-order chi connectivity index (χ0) is 14.3. The molecule has 2 aromatic rings. The summed E-state index contributed by atoms with van der Waals surface area (Å²) in [5.41, 5.74) is -0.673.